The van der Waals surface area contributed by atoms with Crippen molar-refractivity contribution in [2.75, 3.05) is 33.7 Å². The maximum atomic E-state index is 12.9. The van der Waals surface area contributed by atoms with Gasteiger partial charge in [0.1, 0.15) is 4.90 Å². The summed E-state index contributed by atoms with van der Waals surface area (Å²) < 4.78 is 53.3. The fourth-order valence-corrected chi connectivity index (χ4v) is 4.96. The lowest BCUT2D eigenvalue weighted by Crippen LogP contribution is -2.31. The summed E-state index contributed by atoms with van der Waals surface area (Å²) >= 11 is 0. The number of para-hydroxylation sites is 1. The van der Waals surface area contributed by atoms with E-state index in [0.717, 1.165) is 38.6 Å². The summed E-state index contributed by atoms with van der Waals surface area (Å²) in [6, 6.07) is 13.1. The number of hydrogen-bond acceptors (Lipinski definition) is 5. The third-order valence-corrected chi connectivity index (χ3v) is 6.33. The van der Waals surface area contributed by atoms with Gasteiger partial charge in [-0.1, -0.05) is 12.1 Å². The zero-order valence-electron chi connectivity index (χ0n) is 15.1. The molecule has 27 heavy (non-hydrogen) atoms. The fraction of sp³-hybridized carbons (Fsp3) is 0.333. The molecule has 0 spiro atoms. The van der Waals surface area contributed by atoms with Gasteiger partial charge in [-0.05, 0) is 55.7 Å². The molecule has 0 unspecified atom stereocenters. The second kappa shape index (κ2) is 7.77. The van der Waals surface area contributed by atoms with Crippen LogP contribution in [-0.2, 0) is 20.0 Å². The van der Waals surface area contributed by atoms with Crippen LogP contribution in [0.15, 0.2) is 53.4 Å². The van der Waals surface area contributed by atoms with E-state index < -0.39 is 20.0 Å². The SMILES string of the molecule is CS(=O)(=O)Nc1ccc(NS(=O)(=O)c2ccccc2N2CCCCC2)cc1. The van der Waals surface area contributed by atoms with Crippen LogP contribution >= 0.6 is 0 Å². The Hall–Kier alpha value is -2.26. The van der Waals surface area contributed by atoms with Gasteiger partial charge in [-0.15, -0.1) is 0 Å². The van der Waals surface area contributed by atoms with E-state index in [9.17, 15) is 16.8 Å². The Morgan fingerprint density at radius 3 is 1.93 bits per heavy atom. The van der Waals surface area contributed by atoms with Gasteiger partial charge in [0.2, 0.25) is 10.0 Å². The van der Waals surface area contributed by atoms with E-state index in [1.165, 1.54) is 24.3 Å². The molecule has 0 bridgehead atoms. The second-order valence-corrected chi connectivity index (χ2v) is 9.97. The predicted molar refractivity (Wildman–Crippen MR) is 108 cm³/mol. The Labute approximate surface area is 160 Å². The van der Waals surface area contributed by atoms with Gasteiger partial charge in [0.25, 0.3) is 10.0 Å². The second-order valence-electron chi connectivity index (χ2n) is 6.57. The van der Waals surface area contributed by atoms with Crippen LogP contribution in [0, 0.1) is 0 Å². The molecule has 1 heterocycles. The summed E-state index contributed by atoms with van der Waals surface area (Å²) in [5.41, 5.74) is 1.44. The number of anilines is 3. The van der Waals surface area contributed by atoms with Crippen LogP contribution in [0.2, 0.25) is 0 Å². The number of piperidine rings is 1. The van der Waals surface area contributed by atoms with Crippen molar-refractivity contribution in [3.8, 4) is 0 Å². The molecule has 0 saturated carbocycles. The standard InChI is InChI=1S/C18H23N3O4S2/c1-26(22,23)19-15-9-11-16(12-10-15)20-27(24,25)18-8-4-3-7-17(18)21-13-5-2-6-14-21/h3-4,7-12,19-20H,2,5-6,13-14H2,1H3. The monoisotopic (exact) mass is 409 g/mol. The number of nitrogens with one attached hydrogen (secondary N) is 2. The molecular formula is C18H23N3O4S2. The predicted octanol–water partition coefficient (Wildman–Crippen LogP) is 2.85. The van der Waals surface area contributed by atoms with Crippen molar-refractivity contribution >= 4 is 37.1 Å². The Morgan fingerprint density at radius 1 is 0.778 bits per heavy atom. The third-order valence-electron chi connectivity index (χ3n) is 4.29. The first-order valence-electron chi connectivity index (χ1n) is 8.69. The smallest absolute Gasteiger partial charge is 0.263 e. The van der Waals surface area contributed by atoms with E-state index in [0.29, 0.717) is 17.1 Å². The molecule has 0 aromatic heterocycles. The quantitative estimate of drug-likeness (QED) is 0.765. The van der Waals surface area contributed by atoms with Gasteiger partial charge in [-0.3, -0.25) is 9.44 Å². The lowest BCUT2D eigenvalue weighted by atomic mass is 10.1. The summed E-state index contributed by atoms with van der Waals surface area (Å²) in [6.07, 6.45) is 4.33. The highest BCUT2D eigenvalue weighted by atomic mass is 32.2. The van der Waals surface area contributed by atoms with Gasteiger partial charge < -0.3 is 4.90 Å². The van der Waals surface area contributed by atoms with Crippen molar-refractivity contribution in [2.24, 2.45) is 0 Å². The molecule has 146 valence electrons. The average Bonchev–Trinajstić information content (AvgIpc) is 2.63. The van der Waals surface area contributed by atoms with Gasteiger partial charge in [0.15, 0.2) is 0 Å². The summed E-state index contributed by atoms with van der Waals surface area (Å²) in [6.45, 7) is 1.69. The van der Waals surface area contributed by atoms with E-state index in [1.54, 1.807) is 12.1 Å². The number of nitrogens with zero attached hydrogens (tertiary/aromatic N) is 1. The van der Waals surface area contributed by atoms with Crippen molar-refractivity contribution in [3.63, 3.8) is 0 Å². The minimum Gasteiger partial charge on any atom is -0.370 e. The Bertz CT molecular complexity index is 997. The van der Waals surface area contributed by atoms with Crippen molar-refractivity contribution < 1.29 is 16.8 Å². The number of sulfonamides is 2. The zero-order valence-corrected chi connectivity index (χ0v) is 16.7. The molecule has 2 N–H and O–H groups in total. The molecule has 0 amide bonds. The van der Waals surface area contributed by atoms with Crippen LogP contribution in [-0.4, -0.2) is 36.2 Å². The van der Waals surface area contributed by atoms with Crippen LogP contribution in [0.1, 0.15) is 19.3 Å². The van der Waals surface area contributed by atoms with Crippen LogP contribution in [0.3, 0.4) is 0 Å². The first-order chi connectivity index (χ1) is 12.7. The molecule has 1 aliphatic heterocycles. The van der Waals surface area contributed by atoms with E-state index in [1.807, 2.05) is 12.1 Å². The molecule has 9 heteroatoms. The lowest BCUT2D eigenvalue weighted by Gasteiger charge is -2.30. The van der Waals surface area contributed by atoms with Crippen molar-refractivity contribution in [1.82, 2.24) is 0 Å². The van der Waals surface area contributed by atoms with Gasteiger partial charge in [-0.25, -0.2) is 16.8 Å². The molecule has 1 fully saturated rings. The van der Waals surface area contributed by atoms with E-state index in [-0.39, 0.29) is 4.90 Å². The average molecular weight is 410 g/mol. The Morgan fingerprint density at radius 2 is 1.33 bits per heavy atom. The molecule has 1 aliphatic rings. The highest BCUT2D eigenvalue weighted by molar-refractivity contribution is 7.93. The van der Waals surface area contributed by atoms with Crippen molar-refractivity contribution in [2.45, 2.75) is 24.2 Å². The highest BCUT2D eigenvalue weighted by Gasteiger charge is 2.22. The minimum absolute atomic E-state index is 0.241. The summed E-state index contributed by atoms with van der Waals surface area (Å²) in [5.74, 6) is 0. The zero-order chi connectivity index (χ0) is 19.5. The van der Waals surface area contributed by atoms with E-state index in [4.69, 9.17) is 0 Å². The van der Waals surface area contributed by atoms with Gasteiger partial charge in [0, 0.05) is 24.5 Å². The Balaban J connectivity index is 1.83. The van der Waals surface area contributed by atoms with Crippen molar-refractivity contribution in [1.29, 1.82) is 0 Å². The first-order valence-corrected chi connectivity index (χ1v) is 12.1. The fourth-order valence-electron chi connectivity index (χ4n) is 3.11. The summed E-state index contributed by atoms with van der Waals surface area (Å²) in [4.78, 5) is 2.35. The molecule has 2 aromatic carbocycles. The largest absolute Gasteiger partial charge is 0.370 e. The van der Waals surface area contributed by atoms with Gasteiger partial charge >= 0.3 is 0 Å². The Kier molecular flexibility index (Phi) is 5.61. The molecule has 7 nitrogen and oxygen atoms in total. The molecule has 0 aliphatic carbocycles. The number of benzene rings is 2. The van der Waals surface area contributed by atoms with Crippen LogP contribution in [0.5, 0.6) is 0 Å². The topological polar surface area (TPSA) is 95.6 Å². The lowest BCUT2D eigenvalue weighted by molar-refractivity contribution is 0.571. The van der Waals surface area contributed by atoms with Gasteiger partial charge in [0.05, 0.1) is 11.9 Å². The molecule has 3 rings (SSSR count). The van der Waals surface area contributed by atoms with Crippen LogP contribution in [0.25, 0.3) is 0 Å². The summed E-state index contributed by atoms with van der Waals surface area (Å²) in [7, 11) is -7.15. The highest BCUT2D eigenvalue weighted by Crippen LogP contribution is 2.29. The van der Waals surface area contributed by atoms with Crippen LogP contribution in [0.4, 0.5) is 17.1 Å². The van der Waals surface area contributed by atoms with Crippen LogP contribution < -0.4 is 14.3 Å². The molecular weight excluding hydrogens is 386 g/mol. The molecule has 0 radical (unpaired) electrons. The number of hydrogen-bond donors (Lipinski definition) is 2. The molecule has 2 aromatic rings. The third kappa shape index (κ3) is 5.14. The minimum atomic E-state index is -3.77. The maximum absolute atomic E-state index is 12.9. The van der Waals surface area contributed by atoms with Crippen molar-refractivity contribution in [3.05, 3.63) is 48.5 Å². The van der Waals surface area contributed by atoms with E-state index >= 15 is 0 Å². The molecule has 0 atom stereocenters. The molecule has 1 saturated heterocycles. The normalized spacial score (nSPS) is 15.4. The maximum Gasteiger partial charge on any atom is 0.263 e. The first kappa shape index (κ1) is 19.5. The summed E-state index contributed by atoms with van der Waals surface area (Å²) in [5, 5.41) is 0. The van der Waals surface area contributed by atoms with Gasteiger partial charge in [-0.2, -0.15) is 0 Å². The van der Waals surface area contributed by atoms with E-state index in [2.05, 4.69) is 14.3 Å². The number of rotatable bonds is 6.